The fourth-order valence-electron chi connectivity index (χ4n) is 1.45. The first-order valence-corrected chi connectivity index (χ1v) is 7.22. The zero-order chi connectivity index (χ0) is 13.9. The SMILES string of the molecule is NNc1cccnc1S(=O)(=O)NCC(=O)NC1CC1. The maximum absolute atomic E-state index is 12.0. The van der Waals surface area contributed by atoms with Gasteiger partial charge in [0.1, 0.15) is 0 Å². The highest BCUT2D eigenvalue weighted by Crippen LogP contribution is 2.18. The Morgan fingerprint density at radius 1 is 1.47 bits per heavy atom. The monoisotopic (exact) mass is 285 g/mol. The molecule has 0 aromatic carbocycles. The van der Waals surface area contributed by atoms with Crippen molar-refractivity contribution in [2.45, 2.75) is 23.9 Å². The van der Waals surface area contributed by atoms with E-state index in [1.54, 1.807) is 6.07 Å². The quantitative estimate of drug-likeness (QED) is 0.389. The number of hydrazine groups is 1. The lowest BCUT2D eigenvalue weighted by Crippen LogP contribution is -2.38. The minimum atomic E-state index is -3.88. The second-order valence-electron chi connectivity index (χ2n) is 4.17. The average molecular weight is 285 g/mol. The Hall–Kier alpha value is -1.71. The van der Waals surface area contributed by atoms with Crippen molar-refractivity contribution in [2.24, 2.45) is 5.84 Å². The van der Waals surface area contributed by atoms with Crippen LogP contribution in [0, 0.1) is 0 Å². The molecule has 0 saturated heterocycles. The molecule has 5 N–H and O–H groups in total. The summed E-state index contributed by atoms with van der Waals surface area (Å²) in [6.45, 7) is -0.320. The van der Waals surface area contributed by atoms with Gasteiger partial charge in [-0.1, -0.05) is 0 Å². The standard InChI is InChI=1S/C10H15N5O3S/c11-15-8-2-1-5-12-10(8)19(17,18)13-6-9(16)14-7-3-4-7/h1-2,5,7,13,15H,3-4,6,11H2,(H,14,16). The Balaban J connectivity index is 2.02. The second kappa shape index (κ2) is 5.51. The van der Waals surface area contributed by atoms with Gasteiger partial charge in [-0.25, -0.2) is 18.1 Å². The van der Waals surface area contributed by atoms with E-state index in [9.17, 15) is 13.2 Å². The number of rotatable bonds is 6. The fraction of sp³-hybridized carbons (Fsp3) is 0.400. The molecule has 1 heterocycles. The van der Waals surface area contributed by atoms with Crippen LogP contribution in [0.1, 0.15) is 12.8 Å². The predicted molar refractivity (Wildman–Crippen MR) is 68.4 cm³/mol. The van der Waals surface area contributed by atoms with Crippen LogP contribution in [-0.2, 0) is 14.8 Å². The number of sulfonamides is 1. The lowest BCUT2D eigenvalue weighted by atomic mass is 10.4. The van der Waals surface area contributed by atoms with Crippen LogP contribution in [0.25, 0.3) is 0 Å². The molecule has 9 heteroatoms. The lowest BCUT2D eigenvalue weighted by Gasteiger charge is -2.09. The second-order valence-corrected chi connectivity index (χ2v) is 5.85. The molecule has 2 rings (SSSR count). The van der Waals surface area contributed by atoms with E-state index in [-0.39, 0.29) is 29.2 Å². The molecule has 1 aliphatic rings. The van der Waals surface area contributed by atoms with Crippen molar-refractivity contribution in [1.82, 2.24) is 15.0 Å². The first kappa shape index (κ1) is 13.7. The summed E-state index contributed by atoms with van der Waals surface area (Å²) in [5, 5.41) is 2.44. The molecule has 1 aliphatic carbocycles. The van der Waals surface area contributed by atoms with E-state index >= 15 is 0 Å². The molecule has 0 aliphatic heterocycles. The predicted octanol–water partition coefficient (Wildman–Crippen LogP) is -1.08. The molecular weight excluding hydrogens is 270 g/mol. The first-order valence-electron chi connectivity index (χ1n) is 5.73. The molecular formula is C10H15N5O3S. The number of carbonyl (C=O) groups is 1. The van der Waals surface area contributed by atoms with Crippen LogP contribution in [0.5, 0.6) is 0 Å². The van der Waals surface area contributed by atoms with Crippen LogP contribution in [0.4, 0.5) is 5.69 Å². The van der Waals surface area contributed by atoms with Gasteiger partial charge >= 0.3 is 0 Å². The third kappa shape index (κ3) is 3.63. The summed E-state index contributed by atoms with van der Waals surface area (Å²) in [6.07, 6.45) is 3.22. The van der Waals surface area contributed by atoms with Crippen molar-refractivity contribution < 1.29 is 13.2 Å². The first-order chi connectivity index (χ1) is 9.03. The molecule has 0 bridgehead atoms. The van der Waals surface area contributed by atoms with E-state index in [0.29, 0.717) is 0 Å². The Morgan fingerprint density at radius 3 is 2.84 bits per heavy atom. The summed E-state index contributed by atoms with van der Waals surface area (Å²) in [7, 11) is -3.88. The van der Waals surface area contributed by atoms with Crippen molar-refractivity contribution in [3.63, 3.8) is 0 Å². The van der Waals surface area contributed by atoms with Crippen LogP contribution >= 0.6 is 0 Å². The van der Waals surface area contributed by atoms with E-state index in [0.717, 1.165) is 12.8 Å². The van der Waals surface area contributed by atoms with E-state index in [1.807, 2.05) is 0 Å². The van der Waals surface area contributed by atoms with E-state index in [2.05, 4.69) is 20.4 Å². The number of aromatic nitrogens is 1. The highest BCUT2D eigenvalue weighted by atomic mass is 32.2. The molecule has 0 unspecified atom stereocenters. The highest BCUT2D eigenvalue weighted by molar-refractivity contribution is 7.89. The number of pyridine rings is 1. The Labute approximate surface area is 110 Å². The average Bonchev–Trinajstić information content (AvgIpc) is 3.20. The van der Waals surface area contributed by atoms with Gasteiger partial charge < -0.3 is 10.7 Å². The normalized spacial score (nSPS) is 15.0. The summed E-state index contributed by atoms with van der Waals surface area (Å²) in [4.78, 5) is 15.2. The summed E-state index contributed by atoms with van der Waals surface area (Å²) in [5.41, 5.74) is 2.41. The van der Waals surface area contributed by atoms with Crippen LogP contribution in [0.15, 0.2) is 23.4 Å². The van der Waals surface area contributed by atoms with Gasteiger partial charge in [-0.2, -0.15) is 0 Å². The van der Waals surface area contributed by atoms with Crippen molar-refractivity contribution in [1.29, 1.82) is 0 Å². The minimum Gasteiger partial charge on any atom is -0.352 e. The van der Waals surface area contributed by atoms with Gasteiger partial charge in [0.05, 0.1) is 12.2 Å². The van der Waals surface area contributed by atoms with Crippen molar-refractivity contribution >= 4 is 21.6 Å². The van der Waals surface area contributed by atoms with Crippen molar-refractivity contribution in [2.75, 3.05) is 12.0 Å². The van der Waals surface area contributed by atoms with Crippen molar-refractivity contribution in [3.05, 3.63) is 18.3 Å². The number of nitrogens with two attached hydrogens (primary N) is 1. The molecule has 1 fully saturated rings. The topological polar surface area (TPSA) is 126 Å². The number of nitrogens with zero attached hydrogens (tertiary/aromatic N) is 1. The van der Waals surface area contributed by atoms with E-state index in [4.69, 9.17) is 5.84 Å². The molecule has 0 spiro atoms. The maximum atomic E-state index is 12.0. The van der Waals surface area contributed by atoms with Crippen LogP contribution in [0.2, 0.25) is 0 Å². The Bertz CT molecular complexity index is 570. The van der Waals surface area contributed by atoms with Gasteiger partial charge in [-0.3, -0.25) is 10.6 Å². The Kier molecular flexibility index (Phi) is 3.98. The molecule has 1 saturated carbocycles. The van der Waals surface area contributed by atoms with Gasteiger partial charge in [0.2, 0.25) is 5.91 Å². The van der Waals surface area contributed by atoms with Gasteiger partial charge in [-0.05, 0) is 25.0 Å². The number of nitrogens with one attached hydrogen (secondary N) is 3. The fourth-order valence-corrected chi connectivity index (χ4v) is 2.52. The van der Waals surface area contributed by atoms with Gasteiger partial charge in [-0.15, -0.1) is 0 Å². The van der Waals surface area contributed by atoms with Gasteiger partial charge in [0.15, 0.2) is 5.03 Å². The summed E-state index contributed by atoms with van der Waals surface area (Å²) < 4.78 is 26.1. The molecule has 1 aromatic rings. The third-order valence-corrected chi connectivity index (χ3v) is 3.91. The molecule has 104 valence electrons. The molecule has 0 radical (unpaired) electrons. The smallest absolute Gasteiger partial charge is 0.260 e. The molecule has 1 aromatic heterocycles. The third-order valence-electron chi connectivity index (χ3n) is 2.55. The molecule has 1 amide bonds. The summed E-state index contributed by atoms with van der Waals surface area (Å²) in [5.74, 6) is 4.86. The van der Waals surface area contributed by atoms with Gasteiger partial charge in [0.25, 0.3) is 10.0 Å². The zero-order valence-electron chi connectivity index (χ0n) is 10.1. The van der Waals surface area contributed by atoms with E-state index < -0.39 is 10.0 Å². The van der Waals surface area contributed by atoms with Crippen LogP contribution in [0.3, 0.4) is 0 Å². The van der Waals surface area contributed by atoms with Crippen molar-refractivity contribution in [3.8, 4) is 0 Å². The molecule has 19 heavy (non-hydrogen) atoms. The Morgan fingerprint density at radius 2 is 2.21 bits per heavy atom. The van der Waals surface area contributed by atoms with Crippen LogP contribution in [-0.4, -0.2) is 31.9 Å². The largest absolute Gasteiger partial charge is 0.352 e. The summed E-state index contributed by atoms with van der Waals surface area (Å²) in [6, 6.07) is 3.22. The van der Waals surface area contributed by atoms with Crippen LogP contribution < -0.4 is 21.3 Å². The lowest BCUT2D eigenvalue weighted by molar-refractivity contribution is -0.120. The number of hydrogen-bond donors (Lipinski definition) is 4. The molecule has 0 atom stereocenters. The highest BCUT2D eigenvalue weighted by Gasteiger charge is 2.25. The minimum absolute atomic E-state index is 0.164. The van der Waals surface area contributed by atoms with E-state index in [1.165, 1.54) is 12.3 Å². The maximum Gasteiger partial charge on any atom is 0.260 e. The number of carbonyl (C=O) groups excluding carboxylic acids is 1. The number of nitrogen functional groups attached to an aromatic ring is 1. The number of hydrogen-bond acceptors (Lipinski definition) is 6. The van der Waals surface area contributed by atoms with Gasteiger partial charge in [0, 0.05) is 12.2 Å². The zero-order valence-corrected chi connectivity index (χ0v) is 10.9. The number of anilines is 1. The molecule has 8 nitrogen and oxygen atoms in total. The number of amides is 1. The summed E-state index contributed by atoms with van der Waals surface area (Å²) >= 11 is 0.